The van der Waals surface area contributed by atoms with Crippen LogP contribution in [0, 0.1) is 19.8 Å². The van der Waals surface area contributed by atoms with E-state index >= 15 is 0 Å². The van der Waals surface area contributed by atoms with Crippen molar-refractivity contribution >= 4 is 21.6 Å². The van der Waals surface area contributed by atoms with Crippen LogP contribution in [0.15, 0.2) is 47.4 Å². The Morgan fingerprint density at radius 1 is 1.12 bits per heavy atom. The molecule has 0 aromatic heterocycles. The molecule has 1 amide bonds. The highest BCUT2D eigenvalue weighted by Gasteiger charge is 2.29. The first-order valence-corrected chi connectivity index (χ1v) is 10.3. The van der Waals surface area contributed by atoms with E-state index in [1.807, 2.05) is 19.9 Å². The zero-order chi connectivity index (χ0) is 18.9. The van der Waals surface area contributed by atoms with Gasteiger partial charge in [-0.2, -0.15) is 0 Å². The number of rotatable bonds is 6. The third-order valence-electron chi connectivity index (χ3n) is 4.70. The molecule has 26 heavy (non-hydrogen) atoms. The fraction of sp³-hybridized carbons (Fsp3) is 0.350. The minimum Gasteiger partial charge on any atom is -0.349 e. The van der Waals surface area contributed by atoms with E-state index in [1.165, 1.54) is 0 Å². The Labute approximate surface area is 154 Å². The summed E-state index contributed by atoms with van der Waals surface area (Å²) in [6.07, 6.45) is 2.30. The predicted octanol–water partition coefficient (Wildman–Crippen LogP) is 3.63. The van der Waals surface area contributed by atoms with Crippen molar-refractivity contribution in [2.75, 3.05) is 4.72 Å². The molecule has 0 spiro atoms. The van der Waals surface area contributed by atoms with Crippen LogP contribution in [-0.4, -0.2) is 20.4 Å². The smallest absolute Gasteiger partial charge is 0.262 e. The molecule has 3 rings (SSSR count). The maximum atomic E-state index is 12.7. The van der Waals surface area contributed by atoms with Gasteiger partial charge in [-0.25, -0.2) is 8.42 Å². The highest BCUT2D eigenvalue weighted by molar-refractivity contribution is 7.92. The third-order valence-corrected chi connectivity index (χ3v) is 6.22. The Balaban J connectivity index is 1.79. The van der Waals surface area contributed by atoms with E-state index in [1.54, 1.807) is 43.3 Å². The lowest BCUT2D eigenvalue weighted by atomic mass is 10.1. The molecule has 138 valence electrons. The number of benzene rings is 2. The molecule has 0 aliphatic heterocycles. The lowest BCUT2D eigenvalue weighted by molar-refractivity contribution is 0.0936. The van der Waals surface area contributed by atoms with E-state index in [0.29, 0.717) is 22.7 Å². The summed E-state index contributed by atoms with van der Waals surface area (Å²) in [7, 11) is -3.72. The largest absolute Gasteiger partial charge is 0.349 e. The van der Waals surface area contributed by atoms with Crippen LogP contribution in [0.5, 0.6) is 0 Å². The molecule has 2 aromatic rings. The van der Waals surface area contributed by atoms with Gasteiger partial charge < -0.3 is 5.32 Å². The summed E-state index contributed by atoms with van der Waals surface area (Å²) in [5.74, 6) is 0.377. The Morgan fingerprint density at radius 2 is 1.85 bits per heavy atom. The second-order valence-electron chi connectivity index (χ2n) is 7.05. The highest BCUT2D eigenvalue weighted by atomic mass is 32.2. The summed E-state index contributed by atoms with van der Waals surface area (Å²) in [5.41, 5.74) is 2.37. The number of carbonyl (C=O) groups is 1. The molecule has 1 aliphatic carbocycles. The number of anilines is 1. The standard InChI is InChI=1S/C20H24N2O3S/c1-13-7-8-14(2)19(11-13)26(24,25)22-18-6-4-5-17(12-18)20(23)21-15(3)16-9-10-16/h4-8,11-12,15-16,22H,9-10H2,1-3H3,(H,21,23). The van der Waals surface area contributed by atoms with Crippen LogP contribution in [0.2, 0.25) is 0 Å². The van der Waals surface area contributed by atoms with Gasteiger partial charge in [0.1, 0.15) is 0 Å². The molecule has 1 unspecified atom stereocenters. The first kappa shape index (κ1) is 18.5. The summed E-state index contributed by atoms with van der Waals surface area (Å²) in [6, 6.07) is 12.0. The lowest BCUT2D eigenvalue weighted by Crippen LogP contribution is -2.34. The van der Waals surface area contributed by atoms with Crippen molar-refractivity contribution in [1.82, 2.24) is 5.32 Å². The average Bonchev–Trinajstić information content (AvgIpc) is 3.42. The zero-order valence-electron chi connectivity index (χ0n) is 15.2. The third kappa shape index (κ3) is 4.25. The van der Waals surface area contributed by atoms with Gasteiger partial charge in [0.25, 0.3) is 15.9 Å². The van der Waals surface area contributed by atoms with Gasteiger partial charge >= 0.3 is 0 Å². The SMILES string of the molecule is Cc1ccc(C)c(S(=O)(=O)Nc2cccc(C(=O)NC(C)C3CC3)c2)c1. The molecule has 0 radical (unpaired) electrons. The molecule has 0 saturated heterocycles. The molecule has 1 fully saturated rings. The van der Waals surface area contributed by atoms with Crippen LogP contribution >= 0.6 is 0 Å². The quantitative estimate of drug-likeness (QED) is 0.813. The van der Waals surface area contributed by atoms with Crippen LogP contribution in [0.25, 0.3) is 0 Å². The predicted molar refractivity (Wildman–Crippen MR) is 103 cm³/mol. The van der Waals surface area contributed by atoms with Crippen molar-refractivity contribution in [3.63, 3.8) is 0 Å². The van der Waals surface area contributed by atoms with Gasteiger partial charge in [-0.05, 0) is 74.9 Å². The second kappa shape index (κ2) is 7.11. The van der Waals surface area contributed by atoms with E-state index < -0.39 is 10.0 Å². The van der Waals surface area contributed by atoms with Crippen molar-refractivity contribution in [3.8, 4) is 0 Å². The van der Waals surface area contributed by atoms with Crippen LogP contribution < -0.4 is 10.0 Å². The highest BCUT2D eigenvalue weighted by Crippen LogP contribution is 2.32. The molecule has 6 heteroatoms. The first-order valence-electron chi connectivity index (χ1n) is 8.77. The minimum absolute atomic E-state index is 0.137. The number of nitrogens with one attached hydrogen (secondary N) is 2. The normalized spacial score (nSPS) is 15.3. The van der Waals surface area contributed by atoms with Gasteiger partial charge in [0.2, 0.25) is 0 Å². The van der Waals surface area contributed by atoms with Crippen LogP contribution in [0.3, 0.4) is 0 Å². The topological polar surface area (TPSA) is 75.3 Å². The van der Waals surface area contributed by atoms with Crippen LogP contribution in [-0.2, 0) is 10.0 Å². The molecule has 1 saturated carbocycles. The van der Waals surface area contributed by atoms with Gasteiger partial charge in [0, 0.05) is 17.3 Å². The summed E-state index contributed by atoms with van der Waals surface area (Å²) < 4.78 is 28.0. The Bertz CT molecular complexity index is 934. The Morgan fingerprint density at radius 3 is 2.54 bits per heavy atom. The summed E-state index contributed by atoms with van der Waals surface area (Å²) >= 11 is 0. The zero-order valence-corrected chi connectivity index (χ0v) is 16.1. The number of amides is 1. The lowest BCUT2D eigenvalue weighted by Gasteiger charge is -2.14. The number of carbonyl (C=O) groups excluding carboxylic acids is 1. The van der Waals surface area contributed by atoms with Crippen molar-refractivity contribution in [1.29, 1.82) is 0 Å². The second-order valence-corrected chi connectivity index (χ2v) is 8.71. The minimum atomic E-state index is -3.72. The van der Waals surface area contributed by atoms with E-state index in [-0.39, 0.29) is 16.8 Å². The molecule has 1 atom stereocenters. The van der Waals surface area contributed by atoms with Gasteiger partial charge in [-0.1, -0.05) is 18.2 Å². The molecule has 0 heterocycles. The van der Waals surface area contributed by atoms with E-state index in [9.17, 15) is 13.2 Å². The first-order chi connectivity index (χ1) is 12.3. The van der Waals surface area contributed by atoms with Crippen molar-refractivity contribution in [2.24, 2.45) is 5.92 Å². The summed E-state index contributed by atoms with van der Waals surface area (Å²) in [6.45, 7) is 5.62. The summed E-state index contributed by atoms with van der Waals surface area (Å²) in [5, 5.41) is 2.98. The number of aryl methyl sites for hydroxylation is 2. The molecule has 5 nitrogen and oxygen atoms in total. The number of hydrogen-bond donors (Lipinski definition) is 2. The Hall–Kier alpha value is -2.34. The van der Waals surface area contributed by atoms with E-state index in [0.717, 1.165) is 18.4 Å². The van der Waals surface area contributed by atoms with Crippen molar-refractivity contribution < 1.29 is 13.2 Å². The fourth-order valence-corrected chi connectivity index (χ4v) is 4.32. The molecule has 0 bridgehead atoms. The van der Waals surface area contributed by atoms with E-state index in [4.69, 9.17) is 0 Å². The molecular formula is C20H24N2O3S. The van der Waals surface area contributed by atoms with Crippen LogP contribution in [0.1, 0.15) is 41.3 Å². The molecule has 2 aromatic carbocycles. The molecule has 2 N–H and O–H groups in total. The van der Waals surface area contributed by atoms with Crippen LogP contribution in [0.4, 0.5) is 5.69 Å². The molecular weight excluding hydrogens is 348 g/mol. The Kier molecular flexibility index (Phi) is 5.05. The van der Waals surface area contributed by atoms with E-state index in [2.05, 4.69) is 10.0 Å². The van der Waals surface area contributed by atoms with Crippen molar-refractivity contribution in [2.45, 2.75) is 44.6 Å². The number of sulfonamides is 1. The maximum absolute atomic E-state index is 12.7. The molecule has 1 aliphatic rings. The van der Waals surface area contributed by atoms with Gasteiger partial charge in [0.15, 0.2) is 0 Å². The maximum Gasteiger partial charge on any atom is 0.262 e. The monoisotopic (exact) mass is 372 g/mol. The van der Waals surface area contributed by atoms with Crippen molar-refractivity contribution in [3.05, 3.63) is 59.2 Å². The number of hydrogen-bond acceptors (Lipinski definition) is 3. The van der Waals surface area contributed by atoms with Gasteiger partial charge in [-0.3, -0.25) is 9.52 Å². The van der Waals surface area contributed by atoms with Gasteiger partial charge in [-0.15, -0.1) is 0 Å². The summed E-state index contributed by atoms with van der Waals surface area (Å²) in [4.78, 5) is 12.6. The fourth-order valence-electron chi connectivity index (χ4n) is 2.94. The average molecular weight is 372 g/mol. The van der Waals surface area contributed by atoms with Gasteiger partial charge in [0.05, 0.1) is 4.90 Å².